The van der Waals surface area contributed by atoms with Crippen LogP contribution in [0.5, 0.6) is 5.75 Å². The molecule has 0 bridgehead atoms. The first-order chi connectivity index (χ1) is 13.4. The maximum atomic E-state index is 12.9. The van der Waals surface area contributed by atoms with Gasteiger partial charge in [0.25, 0.3) is 0 Å². The first-order valence-electron chi connectivity index (χ1n) is 9.21. The summed E-state index contributed by atoms with van der Waals surface area (Å²) < 4.78 is 29.8. The zero-order valence-electron chi connectivity index (χ0n) is 16.0. The number of benzene rings is 2. The average Bonchev–Trinajstić information content (AvgIpc) is 2.66. The molecule has 28 heavy (non-hydrogen) atoms. The number of ketones is 1. The van der Waals surface area contributed by atoms with Crippen LogP contribution in [0.1, 0.15) is 30.4 Å². The molecule has 0 unspecified atom stereocenters. The van der Waals surface area contributed by atoms with Crippen molar-refractivity contribution in [3.63, 3.8) is 0 Å². The Morgan fingerprint density at radius 3 is 2.25 bits per heavy atom. The largest absolute Gasteiger partial charge is 0.434 e. The molecule has 0 amide bonds. The fourth-order valence-corrected chi connectivity index (χ4v) is 3.24. The molecule has 0 heterocycles. The van der Waals surface area contributed by atoms with Crippen LogP contribution >= 0.6 is 0 Å². The molecule has 1 saturated carbocycles. The zero-order valence-corrected chi connectivity index (χ0v) is 16.0. The number of halogens is 2. The lowest BCUT2D eigenvalue weighted by Crippen LogP contribution is -2.12. The van der Waals surface area contributed by atoms with Crippen molar-refractivity contribution in [2.75, 3.05) is 19.0 Å². The normalized spacial score (nSPS) is 17.4. The molecule has 3 nitrogen and oxygen atoms in total. The van der Waals surface area contributed by atoms with Crippen LogP contribution in [0.15, 0.2) is 59.7 Å². The van der Waals surface area contributed by atoms with Crippen LogP contribution in [0, 0.1) is 0 Å². The number of ether oxygens (including phenoxy) is 1. The van der Waals surface area contributed by atoms with Gasteiger partial charge in [-0.25, -0.2) is 0 Å². The standard InChI is InChI=1S/C23H23F2NO2/c1-26(2)20-12-10-16(11-13-20)14-18-7-5-8-19(22(18)27)15-17-6-3-4-9-21(17)28-23(24)25/h3-4,6,9-15,23H,5,7-8H2,1-2H3/b18-14-,19-15+. The van der Waals surface area contributed by atoms with E-state index in [1.807, 2.05) is 49.3 Å². The van der Waals surface area contributed by atoms with E-state index in [2.05, 4.69) is 4.74 Å². The second kappa shape index (κ2) is 8.83. The molecule has 0 aliphatic heterocycles. The Bertz CT molecular complexity index is 899. The highest BCUT2D eigenvalue weighted by Gasteiger charge is 2.21. The van der Waals surface area contributed by atoms with Gasteiger partial charge in [0.2, 0.25) is 0 Å². The number of carbonyl (C=O) groups excluding carboxylic acids is 1. The summed E-state index contributed by atoms with van der Waals surface area (Å²) in [6.07, 6.45) is 5.76. The van der Waals surface area contributed by atoms with Crippen molar-refractivity contribution in [2.45, 2.75) is 25.9 Å². The average molecular weight is 383 g/mol. The Labute approximate surface area is 163 Å². The predicted molar refractivity (Wildman–Crippen MR) is 109 cm³/mol. The molecule has 0 N–H and O–H groups in total. The Balaban J connectivity index is 1.85. The van der Waals surface area contributed by atoms with E-state index in [-0.39, 0.29) is 11.5 Å². The van der Waals surface area contributed by atoms with Gasteiger partial charge in [0, 0.05) is 36.5 Å². The smallest absolute Gasteiger partial charge is 0.387 e. The van der Waals surface area contributed by atoms with E-state index >= 15 is 0 Å². The molecule has 0 aromatic heterocycles. The third-order valence-electron chi connectivity index (χ3n) is 4.69. The number of anilines is 1. The fraction of sp³-hybridized carbons (Fsp3) is 0.261. The van der Waals surface area contributed by atoms with Crippen LogP contribution in [-0.4, -0.2) is 26.5 Å². The van der Waals surface area contributed by atoms with Gasteiger partial charge in [0.1, 0.15) is 5.75 Å². The van der Waals surface area contributed by atoms with E-state index in [0.29, 0.717) is 24.0 Å². The molecule has 146 valence electrons. The number of carbonyl (C=O) groups is 1. The summed E-state index contributed by atoms with van der Waals surface area (Å²) in [6, 6.07) is 14.5. The number of rotatable bonds is 5. The van der Waals surface area contributed by atoms with Crippen molar-refractivity contribution >= 4 is 23.6 Å². The van der Waals surface area contributed by atoms with Gasteiger partial charge in [-0.15, -0.1) is 0 Å². The Kier molecular flexibility index (Phi) is 6.24. The van der Waals surface area contributed by atoms with E-state index in [1.165, 1.54) is 6.07 Å². The second-order valence-corrected chi connectivity index (χ2v) is 6.92. The number of allylic oxidation sites excluding steroid dienone is 2. The van der Waals surface area contributed by atoms with Crippen molar-refractivity contribution in [2.24, 2.45) is 0 Å². The van der Waals surface area contributed by atoms with E-state index in [0.717, 1.165) is 23.2 Å². The minimum Gasteiger partial charge on any atom is -0.434 e. The van der Waals surface area contributed by atoms with Gasteiger partial charge < -0.3 is 9.64 Å². The van der Waals surface area contributed by atoms with Gasteiger partial charge in [-0.2, -0.15) is 8.78 Å². The van der Waals surface area contributed by atoms with Gasteiger partial charge >= 0.3 is 6.61 Å². The summed E-state index contributed by atoms with van der Waals surface area (Å²) in [5, 5.41) is 0. The molecule has 0 saturated heterocycles. The first-order valence-corrected chi connectivity index (χ1v) is 9.21. The third-order valence-corrected chi connectivity index (χ3v) is 4.69. The van der Waals surface area contributed by atoms with Gasteiger partial charge in [-0.1, -0.05) is 30.3 Å². The van der Waals surface area contributed by atoms with Crippen molar-refractivity contribution < 1.29 is 18.3 Å². The Hall–Kier alpha value is -2.95. The molecule has 0 radical (unpaired) electrons. The van der Waals surface area contributed by atoms with Gasteiger partial charge in [-0.3, -0.25) is 4.79 Å². The highest BCUT2D eigenvalue weighted by molar-refractivity contribution is 6.14. The monoisotopic (exact) mass is 383 g/mol. The Morgan fingerprint density at radius 2 is 1.61 bits per heavy atom. The van der Waals surface area contributed by atoms with Crippen LogP contribution in [0.25, 0.3) is 12.2 Å². The van der Waals surface area contributed by atoms with Crippen LogP contribution in [-0.2, 0) is 4.79 Å². The molecule has 2 aromatic rings. The molecule has 1 aliphatic rings. The number of alkyl halides is 2. The summed E-state index contributed by atoms with van der Waals surface area (Å²) in [4.78, 5) is 14.9. The molecule has 0 spiro atoms. The van der Waals surface area contributed by atoms with Gasteiger partial charge in [0.05, 0.1) is 0 Å². The minimum atomic E-state index is -2.90. The summed E-state index contributed by atoms with van der Waals surface area (Å²) in [5.74, 6) is 0.0444. The summed E-state index contributed by atoms with van der Waals surface area (Å²) >= 11 is 0. The summed E-state index contributed by atoms with van der Waals surface area (Å²) in [7, 11) is 3.95. The molecule has 1 aliphatic carbocycles. The minimum absolute atomic E-state index is 0.0326. The van der Waals surface area contributed by atoms with E-state index in [4.69, 9.17) is 0 Å². The van der Waals surface area contributed by atoms with E-state index < -0.39 is 6.61 Å². The Morgan fingerprint density at radius 1 is 0.964 bits per heavy atom. The molecule has 1 fully saturated rings. The lowest BCUT2D eigenvalue weighted by molar-refractivity contribution is -0.112. The molecule has 2 aromatic carbocycles. The highest BCUT2D eigenvalue weighted by atomic mass is 19.3. The predicted octanol–water partition coefficient (Wildman–Crippen LogP) is 5.57. The van der Waals surface area contributed by atoms with E-state index in [9.17, 15) is 13.6 Å². The number of para-hydroxylation sites is 1. The molecule has 3 rings (SSSR count). The fourth-order valence-electron chi connectivity index (χ4n) is 3.24. The topological polar surface area (TPSA) is 29.5 Å². The first kappa shape index (κ1) is 19.8. The SMILES string of the molecule is CN(C)c1ccc(/C=C2/CCC/C(=C\c3ccccc3OC(F)F)C2=O)cc1. The molecular formula is C23H23F2NO2. The van der Waals surface area contributed by atoms with Crippen molar-refractivity contribution in [3.05, 3.63) is 70.8 Å². The molecular weight excluding hydrogens is 360 g/mol. The number of nitrogens with zero attached hydrogens (tertiary/aromatic N) is 1. The van der Waals surface area contributed by atoms with E-state index in [1.54, 1.807) is 24.3 Å². The van der Waals surface area contributed by atoms with Gasteiger partial charge in [-0.05, 0) is 55.2 Å². The van der Waals surface area contributed by atoms with Crippen molar-refractivity contribution in [1.82, 2.24) is 0 Å². The highest BCUT2D eigenvalue weighted by Crippen LogP contribution is 2.30. The van der Waals surface area contributed by atoms with Crippen LogP contribution in [0.2, 0.25) is 0 Å². The van der Waals surface area contributed by atoms with Crippen molar-refractivity contribution in [3.8, 4) is 5.75 Å². The zero-order chi connectivity index (χ0) is 20.1. The van der Waals surface area contributed by atoms with Crippen LogP contribution in [0.3, 0.4) is 0 Å². The second-order valence-electron chi connectivity index (χ2n) is 6.92. The van der Waals surface area contributed by atoms with Crippen LogP contribution < -0.4 is 9.64 Å². The maximum Gasteiger partial charge on any atom is 0.387 e. The number of Topliss-reactive ketones (excluding diaryl/α,β-unsaturated/α-hetero) is 1. The molecule has 0 atom stereocenters. The number of hydrogen-bond acceptors (Lipinski definition) is 3. The lowest BCUT2D eigenvalue weighted by Gasteiger charge is -2.17. The van der Waals surface area contributed by atoms with Crippen molar-refractivity contribution in [1.29, 1.82) is 0 Å². The van der Waals surface area contributed by atoms with Crippen LogP contribution in [0.4, 0.5) is 14.5 Å². The summed E-state index contributed by atoms with van der Waals surface area (Å²) in [5.41, 5.74) is 3.91. The van der Waals surface area contributed by atoms with Gasteiger partial charge in [0.15, 0.2) is 5.78 Å². The summed E-state index contributed by atoms with van der Waals surface area (Å²) in [6.45, 7) is -2.90. The lowest BCUT2D eigenvalue weighted by atomic mass is 9.86. The molecule has 5 heteroatoms. The quantitative estimate of drug-likeness (QED) is 0.632. The number of hydrogen-bond donors (Lipinski definition) is 0. The third kappa shape index (κ3) is 4.85. The maximum absolute atomic E-state index is 12.9.